The largest absolute Gasteiger partial charge is 0.489 e. The van der Waals surface area contributed by atoms with Crippen LogP contribution in [0.5, 0.6) is 5.75 Å². The van der Waals surface area contributed by atoms with Gasteiger partial charge in [-0.2, -0.15) is 0 Å². The molecular formula is C28H33Cl3N4O3S. The predicted molar refractivity (Wildman–Crippen MR) is 159 cm³/mol. The van der Waals surface area contributed by atoms with Gasteiger partial charge in [0, 0.05) is 34.5 Å². The molecule has 3 aromatic rings. The number of benzene rings is 1. The van der Waals surface area contributed by atoms with E-state index < -0.39 is 0 Å². The maximum Gasteiger partial charge on any atom is 0.234 e. The molecule has 2 unspecified atom stereocenters. The summed E-state index contributed by atoms with van der Waals surface area (Å²) in [5, 5.41) is 0.620. The van der Waals surface area contributed by atoms with Crippen molar-refractivity contribution in [2.75, 3.05) is 20.1 Å². The number of likely N-dealkylation sites (tertiary alicyclic amines) is 2. The smallest absolute Gasteiger partial charge is 0.234 e. The van der Waals surface area contributed by atoms with Gasteiger partial charge in [0.2, 0.25) is 11.8 Å². The first-order chi connectivity index (χ1) is 17.6. The van der Waals surface area contributed by atoms with Crippen LogP contribution in [-0.4, -0.2) is 57.8 Å². The summed E-state index contributed by atoms with van der Waals surface area (Å²) in [4.78, 5) is 39.6. The Labute approximate surface area is 250 Å². The number of ether oxygens (including phenoxy) is 1. The zero-order valence-corrected chi connectivity index (χ0v) is 25.8. The molecule has 3 fully saturated rings. The minimum atomic E-state index is -0.213. The number of hydrogen-bond donors (Lipinski definition) is 0. The van der Waals surface area contributed by atoms with Crippen LogP contribution in [0.15, 0.2) is 24.5 Å². The fourth-order valence-electron chi connectivity index (χ4n) is 6.21. The van der Waals surface area contributed by atoms with E-state index in [1.54, 1.807) is 6.33 Å². The third-order valence-electron chi connectivity index (χ3n) is 8.36. The highest BCUT2D eigenvalue weighted by Crippen LogP contribution is 2.63. The van der Waals surface area contributed by atoms with Gasteiger partial charge in [0.25, 0.3) is 0 Å². The minimum absolute atomic E-state index is 0. The van der Waals surface area contributed by atoms with Crippen molar-refractivity contribution in [1.82, 2.24) is 19.8 Å². The highest BCUT2D eigenvalue weighted by Gasteiger charge is 2.72. The Balaban J connectivity index is 0.00000176. The van der Waals surface area contributed by atoms with Crippen molar-refractivity contribution in [1.29, 1.82) is 0 Å². The van der Waals surface area contributed by atoms with E-state index in [1.807, 2.05) is 39.0 Å². The van der Waals surface area contributed by atoms with Gasteiger partial charge in [-0.15, -0.1) is 36.2 Å². The van der Waals surface area contributed by atoms with Crippen LogP contribution in [0.1, 0.15) is 37.6 Å². The first-order valence-corrected chi connectivity index (χ1v) is 14.0. The molecule has 0 N–H and O–H groups in total. The molecule has 2 aromatic heterocycles. The lowest BCUT2D eigenvalue weighted by Gasteiger charge is -2.35. The van der Waals surface area contributed by atoms with Gasteiger partial charge in [-0.3, -0.25) is 14.5 Å². The molecule has 0 bridgehead atoms. The van der Waals surface area contributed by atoms with Gasteiger partial charge in [-0.1, -0.05) is 32.4 Å². The molecule has 7 nitrogen and oxygen atoms in total. The van der Waals surface area contributed by atoms with Crippen LogP contribution in [0, 0.1) is 30.1 Å². The van der Waals surface area contributed by atoms with E-state index in [0.29, 0.717) is 10.9 Å². The fraction of sp³-hybridized carbons (Fsp3) is 0.500. The summed E-state index contributed by atoms with van der Waals surface area (Å²) in [6.07, 6.45) is 2.61. The Morgan fingerprint density at radius 2 is 1.82 bits per heavy atom. The Kier molecular flexibility index (Phi) is 8.30. The fourth-order valence-corrected chi connectivity index (χ4v) is 7.59. The molecule has 4 heterocycles. The van der Waals surface area contributed by atoms with Crippen LogP contribution in [0.4, 0.5) is 0 Å². The zero-order chi connectivity index (χ0) is 26.2. The van der Waals surface area contributed by atoms with Crippen molar-refractivity contribution in [2.45, 2.75) is 46.8 Å². The summed E-state index contributed by atoms with van der Waals surface area (Å²) < 4.78 is 7.57. The van der Waals surface area contributed by atoms with E-state index in [4.69, 9.17) is 16.3 Å². The number of rotatable bonds is 5. The van der Waals surface area contributed by atoms with Crippen LogP contribution in [0.25, 0.3) is 21.5 Å². The van der Waals surface area contributed by atoms with Crippen molar-refractivity contribution in [3.05, 3.63) is 40.0 Å². The lowest BCUT2D eigenvalue weighted by molar-refractivity contribution is -0.143. The summed E-state index contributed by atoms with van der Waals surface area (Å²) in [6, 6.07) is 5.79. The lowest BCUT2D eigenvalue weighted by Crippen LogP contribution is -2.42. The number of nitrogens with zero attached hydrogens (tertiary/aromatic N) is 4. The van der Waals surface area contributed by atoms with Gasteiger partial charge in [-0.05, 0) is 49.6 Å². The standard InChI is InChI=1S/C28H31ClN4O3S.2ClH/c1-14-8-16(29)9-18(24(14)36-20-6-7-32(5)11-15(20)2)23-25-19(30-13-31-23)10-17(37-25)12-33-26(34)21-22(27(33)35)28(21,3)4;;/h8-10,13,15,20-22H,6-7,11-12H2,1-5H3;2*1H/t15-,20+,21?,22?;;/m0../s1. The molecule has 2 amide bonds. The molecule has 39 heavy (non-hydrogen) atoms. The Bertz CT molecular complexity index is 1420. The molecule has 1 aromatic carbocycles. The first-order valence-electron chi connectivity index (χ1n) is 12.8. The number of fused-ring (bicyclic) bond motifs is 2. The summed E-state index contributed by atoms with van der Waals surface area (Å²) in [7, 11) is 2.14. The third-order valence-corrected chi connectivity index (χ3v) is 9.70. The van der Waals surface area contributed by atoms with Crippen LogP contribution in [0.3, 0.4) is 0 Å². The van der Waals surface area contributed by atoms with Crippen LogP contribution in [0.2, 0.25) is 5.02 Å². The zero-order valence-electron chi connectivity index (χ0n) is 22.6. The average Bonchev–Trinajstić information content (AvgIpc) is 3.08. The van der Waals surface area contributed by atoms with E-state index in [1.165, 1.54) is 16.2 Å². The van der Waals surface area contributed by atoms with E-state index in [9.17, 15) is 9.59 Å². The van der Waals surface area contributed by atoms with Gasteiger partial charge in [0.1, 0.15) is 18.2 Å². The average molecular weight is 612 g/mol. The first kappa shape index (κ1) is 30.0. The molecule has 3 aliphatic rings. The number of hydrogen-bond acceptors (Lipinski definition) is 7. The number of halogens is 3. The highest BCUT2D eigenvalue weighted by molar-refractivity contribution is 7.19. The van der Waals surface area contributed by atoms with Gasteiger partial charge in [0.05, 0.1) is 34.3 Å². The van der Waals surface area contributed by atoms with Crippen molar-refractivity contribution < 1.29 is 14.3 Å². The molecule has 1 aliphatic carbocycles. The second kappa shape index (κ2) is 10.8. The Morgan fingerprint density at radius 3 is 2.49 bits per heavy atom. The van der Waals surface area contributed by atoms with E-state index in [-0.39, 0.29) is 66.5 Å². The summed E-state index contributed by atoms with van der Waals surface area (Å²) in [5.74, 6) is 0.719. The molecule has 2 saturated heterocycles. The van der Waals surface area contributed by atoms with Crippen LogP contribution < -0.4 is 4.74 Å². The molecule has 11 heteroatoms. The van der Waals surface area contributed by atoms with Crippen LogP contribution in [-0.2, 0) is 16.1 Å². The molecule has 210 valence electrons. The molecule has 0 spiro atoms. The molecule has 0 radical (unpaired) electrons. The predicted octanol–water partition coefficient (Wildman–Crippen LogP) is 6.02. The second-order valence-electron chi connectivity index (χ2n) is 11.5. The quantitative estimate of drug-likeness (QED) is 0.328. The Hall–Kier alpha value is -1.97. The van der Waals surface area contributed by atoms with Crippen molar-refractivity contribution in [3.63, 3.8) is 0 Å². The van der Waals surface area contributed by atoms with E-state index in [0.717, 1.165) is 57.2 Å². The number of aromatic nitrogens is 2. The molecule has 1 saturated carbocycles. The highest BCUT2D eigenvalue weighted by atomic mass is 35.5. The summed E-state index contributed by atoms with van der Waals surface area (Å²) in [6.45, 7) is 10.5. The van der Waals surface area contributed by atoms with Crippen molar-refractivity contribution in [2.24, 2.45) is 23.2 Å². The number of aryl methyl sites for hydroxylation is 1. The maximum atomic E-state index is 12.9. The van der Waals surface area contributed by atoms with Gasteiger partial charge in [-0.25, -0.2) is 9.97 Å². The molecule has 2 aliphatic heterocycles. The topological polar surface area (TPSA) is 75.6 Å². The normalized spacial score (nSPS) is 25.7. The second-order valence-corrected chi connectivity index (χ2v) is 13.0. The molecular weight excluding hydrogens is 579 g/mol. The monoisotopic (exact) mass is 610 g/mol. The third kappa shape index (κ3) is 5.04. The molecule has 4 atom stereocenters. The number of carbonyl (C=O) groups is 2. The number of amides is 2. The number of imide groups is 1. The lowest BCUT2D eigenvalue weighted by atomic mass is 9.96. The molecule has 6 rings (SSSR count). The maximum absolute atomic E-state index is 12.9. The van der Waals surface area contributed by atoms with E-state index >= 15 is 0 Å². The Morgan fingerprint density at radius 1 is 1.13 bits per heavy atom. The van der Waals surface area contributed by atoms with E-state index in [2.05, 4.69) is 28.8 Å². The summed E-state index contributed by atoms with van der Waals surface area (Å²) >= 11 is 8.04. The number of thiophene rings is 1. The number of piperidine rings is 2. The van der Waals surface area contributed by atoms with Crippen molar-refractivity contribution in [3.8, 4) is 17.0 Å². The van der Waals surface area contributed by atoms with Crippen molar-refractivity contribution >= 4 is 69.8 Å². The number of carbonyl (C=O) groups excluding carboxylic acids is 2. The van der Waals surface area contributed by atoms with Gasteiger partial charge in [0.15, 0.2) is 0 Å². The van der Waals surface area contributed by atoms with Gasteiger partial charge < -0.3 is 9.64 Å². The SMILES string of the molecule is Cc1cc(Cl)cc(-c2ncnc3cc(CN4C(=O)C5C(C4=O)C5(C)C)sc23)c1O[C@@H]1CCN(C)C[C@@H]1C.Cl.Cl. The summed E-state index contributed by atoms with van der Waals surface area (Å²) in [5.41, 5.74) is 3.13. The van der Waals surface area contributed by atoms with Gasteiger partial charge >= 0.3 is 0 Å². The minimum Gasteiger partial charge on any atom is -0.489 e. The van der Waals surface area contributed by atoms with Crippen LogP contribution >= 0.6 is 47.8 Å².